The van der Waals surface area contributed by atoms with Gasteiger partial charge < -0.3 is 24.6 Å². The zero-order chi connectivity index (χ0) is 31.1. The van der Waals surface area contributed by atoms with Crippen molar-refractivity contribution in [2.75, 3.05) is 20.6 Å². The molecule has 0 saturated carbocycles. The van der Waals surface area contributed by atoms with Crippen LogP contribution in [-0.2, 0) is 35.5 Å². The largest absolute Gasteiger partial charge is 0.444 e. The third-order valence-corrected chi connectivity index (χ3v) is 6.92. The van der Waals surface area contributed by atoms with E-state index in [2.05, 4.69) is 19.9 Å². The predicted molar refractivity (Wildman–Crippen MR) is 145 cm³/mol. The maximum Gasteiger partial charge on any atom is 0.437 e. The quantitative estimate of drug-likeness (QED) is 0.249. The van der Waals surface area contributed by atoms with E-state index in [9.17, 15) is 32.1 Å². The highest BCUT2D eigenvalue weighted by molar-refractivity contribution is 7.80. The zero-order valence-electron chi connectivity index (χ0n) is 23.9. The Hall–Kier alpha value is -3.48. The van der Waals surface area contributed by atoms with E-state index >= 15 is 0 Å². The fourth-order valence-electron chi connectivity index (χ4n) is 4.04. The molecule has 0 aliphatic carbocycles. The second-order valence-corrected chi connectivity index (χ2v) is 13.3. The Morgan fingerprint density at radius 3 is 2.29 bits per heavy atom. The molecule has 41 heavy (non-hydrogen) atoms. The molecule has 0 aromatic carbocycles. The molecule has 16 nitrogen and oxygen atoms in total. The first-order chi connectivity index (χ1) is 18.7. The van der Waals surface area contributed by atoms with Crippen LogP contribution in [0.25, 0.3) is 0 Å². The molecule has 1 unspecified atom stereocenters. The number of rotatable bonds is 5. The molecule has 3 N–H and O–H groups in total. The van der Waals surface area contributed by atoms with Gasteiger partial charge in [-0.2, -0.15) is 13.5 Å². The van der Waals surface area contributed by atoms with Crippen molar-refractivity contribution in [3.8, 4) is 0 Å². The molecule has 2 bridgehead atoms. The lowest BCUT2D eigenvalue weighted by Gasteiger charge is -2.32. The Labute approximate surface area is 241 Å². The molecule has 3 rings (SSSR count). The molecule has 0 radical (unpaired) electrons. The highest BCUT2D eigenvalue weighted by atomic mass is 32.3. The summed E-state index contributed by atoms with van der Waals surface area (Å²) in [5, 5.41) is 7.40. The summed E-state index contributed by atoms with van der Waals surface area (Å²) < 4.78 is 47.1. The Morgan fingerprint density at radius 2 is 1.76 bits per heavy atom. The molecule has 1 fully saturated rings. The van der Waals surface area contributed by atoms with Crippen molar-refractivity contribution < 1.29 is 45.9 Å². The summed E-state index contributed by atoms with van der Waals surface area (Å²) in [5.74, 6) is -0.767. The number of likely N-dealkylation sites (N-methyl/N-ethyl adjacent to an activating group) is 1. The first-order valence-electron chi connectivity index (χ1n) is 12.3. The number of aliphatic imine (C=N–C) groups is 1. The van der Waals surface area contributed by atoms with E-state index < -0.39 is 57.8 Å². The number of nitrogens with one attached hydrogen (secondary N) is 2. The molecule has 2 atom stereocenters. The van der Waals surface area contributed by atoms with Crippen LogP contribution in [0.1, 0.15) is 69.6 Å². The van der Waals surface area contributed by atoms with E-state index in [4.69, 9.17) is 9.47 Å². The van der Waals surface area contributed by atoms with Gasteiger partial charge in [0.05, 0.1) is 6.54 Å². The maximum absolute atomic E-state index is 13.3. The molecule has 228 valence electrons. The van der Waals surface area contributed by atoms with Gasteiger partial charge in [0.15, 0.2) is 0 Å². The summed E-state index contributed by atoms with van der Waals surface area (Å²) in [6.07, 6.45) is -1.88. The maximum atomic E-state index is 13.3. The van der Waals surface area contributed by atoms with Crippen LogP contribution in [0.5, 0.6) is 0 Å². The highest BCUT2D eigenvalue weighted by Gasteiger charge is 2.54. The second-order valence-electron chi connectivity index (χ2n) is 11.4. The third kappa shape index (κ3) is 8.05. The van der Waals surface area contributed by atoms with Crippen molar-refractivity contribution in [3.05, 3.63) is 21.4 Å². The molecule has 3 heterocycles. The fraction of sp³-hybridized carbons (Fsp3) is 0.609. The highest BCUT2D eigenvalue weighted by Crippen LogP contribution is 2.48. The van der Waals surface area contributed by atoms with Crippen LogP contribution >= 0.6 is 11.3 Å². The lowest BCUT2D eigenvalue weighted by molar-refractivity contribution is -0.133. The molecule has 2 aliphatic heterocycles. The number of carbonyl (C=O) groups excluding carboxylic acids is 4. The zero-order valence-corrected chi connectivity index (χ0v) is 25.5. The summed E-state index contributed by atoms with van der Waals surface area (Å²) in [6.45, 7) is 9.76. The van der Waals surface area contributed by atoms with Crippen molar-refractivity contribution in [3.63, 3.8) is 0 Å². The summed E-state index contributed by atoms with van der Waals surface area (Å²) in [5.41, 5.74) is -0.811. The van der Waals surface area contributed by atoms with Gasteiger partial charge in [0, 0.05) is 31.1 Å². The van der Waals surface area contributed by atoms with Crippen molar-refractivity contribution in [2.45, 2.75) is 71.4 Å². The van der Waals surface area contributed by atoms with Crippen LogP contribution in [0, 0.1) is 0 Å². The summed E-state index contributed by atoms with van der Waals surface area (Å²) >= 11 is 1.14. The standard InChI is InChI=1S/C23H34N6O10S2/c1-22(2,3)37-19(31)25-18(26-20(32)38-23(4,5)6)24-9-12-11-40-16-13-10-28(15(14(12)16)17(30)27(7)8)21(33)29(13)39-41(34,35)36/h11,13,15H,9-10H2,1-8H3,(H,34,35,36)(H2,24,25,26,31,32)/t13-,15?/m0/s1. The van der Waals surface area contributed by atoms with Crippen molar-refractivity contribution in [1.82, 2.24) is 25.5 Å². The van der Waals surface area contributed by atoms with Gasteiger partial charge in [-0.1, -0.05) is 0 Å². The molecular formula is C23H34N6O10S2. The van der Waals surface area contributed by atoms with E-state index in [1.807, 2.05) is 0 Å². The summed E-state index contributed by atoms with van der Waals surface area (Å²) in [4.78, 5) is 57.8. The number of nitrogens with zero attached hydrogens (tertiary/aromatic N) is 4. The number of ether oxygens (including phenoxy) is 2. The molecule has 0 spiro atoms. The monoisotopic (exact) mass is 618 g/mol. The van der Waals surface area contributed by atoms with Crippen LogP contribution in [0.3, 0.4) is 0 Å². The van der Waals surface area contributed by atoms with Gasteiger partial charge in [-0.15, -0.1) is 20.6 Å². The normalized spacial score (nSPS) is 19.0. The number of hydroxylamine groups is 2. The summed E-state index contributed by atoms with van der Waals surface area (Å²) in [6, 6.07) is -3.00. The number of fused-ring (bicyclic) bond motifs is 4. The number of amides is 5. The van der Waals surface area contributed by atoms with Gasteiger partial charge in [-0.3, -0.25) is 14.7 Å². The third-order valence-electron chi connectivity index (χ3n) is 5.43. The number of guanidine groups is 1. The van der Waals surface area contributed by atoms with Crippen LogP contribution in [0.15, 0.2) is 10.4 Å². The molecule has 1 saturated heterocycles. The van der Waals surface area contributed by atoms with Crippen LogP contribution in [-0.4, -0.2) is 89.8 Å². The molecule has 5 amide bonds. The molecule has 1 aromatic rings. The topological polar surface area (TPSA) is 196 Å². The molecule has 2 aliphatic rings. The summed E-state index contributed by atoms with van der Waals surface area (Å²) in [7, 11) is -2.03. The minimum absolute atomic E-state index is 0.0649. The Bertz CT molecular complexity index is 1360. The SMILES string of the molecule is CN(C)C(=O)C1c2c(CN/C(=N/C(=O)OC(C)(C)C)NC(=O)OC(C)(C)C)csc2[C@@H]2CN1C(=O)N2OS(=O)(=O)O. The average molecular weight is 619 g/mol. The van der Waals surface area contributed by atoms with Crippen molar-refractivity contribution in [2.24, 2.45) is 4.99 Å². The van der Waals surface area contributed by atoms with Crippen LogP contribution in [0.2, 0.25) is 0 Å². The number of hydrogen-bond acceptors (Lipinski definition) is 10. The minimum atomic E-state index is -5.04. The lowest BCUT2D eigenvalue weighted by Crippen LogP contribution is -2.45. The van der Waals surface area contributed by atoms with E-state index in [-0.39, 0.29) is 19.0 Å². The number of carbonyl (C=O) groups is 4. The van der Waals surface area contributed by atoms with E-state index in [1.165, 1.54) is 19.0 Å². The average Bonchev–Trinajstić information content (AvgIpc) is 3.30. The first-order valence-corrected chi connectivity index (χ1v) is 14.5. The number of alkyl carbamates (subject to hydrolysis) is 1. The van der Waals surface area contributed by atoms with Gasteiger partial charge in [-0.25, -0.2) is 14.4 Å². The Balaban J connectivity index is 1.97. The van der Waals surface area contributed by atoms with Crippen LogP contribution < -0.4 is 10.6 Å². The van der Waals surface area contributed by atoms with Gasteiger partial charge >= 0.3 is 28.6 Å². The lowest BCUT2D eigenvalue weighted by atomic mass is 9.94. The van der Waals surface area contributed by atoms with Gasteiger partial charge in [0.25, 0.3) is 0 Å². The van der Waals surface area contributed by atoms with E-state index in [0.717, 1.165) is 16.2 Å². The number of hydrogen-bond donors (Lipinski definition) is 3. The Kier molecular flexibility index (Phi) is 8.92. The van der Waals surface area contributed by atoms with Crippen molar-refractivity contribution >= 4 is 51.8 Å². The first kappa shape index (κ1) is 32.0. The van der Waals surface area contributed by atoms with E-state index in [0.29, 0.717) is 21.1 Å². The molecule has 1 aromatic heterocycles. The predicted octanol–water partition coefficient (Wildman–Crippen LogP) is 2.31. The van der Waals surface area contributed by atoms with E-state index in [1.54, 1.807) is 46.9 Å². The van der Waals surface area contributed by atoms with Crippen molar-refractivity contribution in [1.29, 1.82) is 0 Å². The second kappa shape index (κ2) is 11.4. The smallest absolute Gasteiger partial charge is 0.437 e. The molecule has 18 heteroatoms. The van der Waals surface area contributed by atoms with Gasteiger partial charge in [0.1, 0.15) is 23.3 Å². The van der Waals surface area contributed by atoms with Gasteiger partial charge in [0.2, 0.25) is 11.9 Å². The molecular weight excluding hydrogens is 584 g/mol. The fourth-order valence-corrected chi connectivity index (χ4v) is 5.59. The number of urea groups is 1. The number of thiophene rings is 1. The van der Waals surface area contributed by atoms with Gasteiger partial charge in [-0.05, 0) is 52.5 Å². The Morgan fingerprint density at radius 1 is 1.15 bits per heavy atom. The van der Waals surface area contributed by atoms with Crippen LogP contribution in [0.4, 0.5) is 14.4 Å². The minimum Gasteiger partial charge on any atom is -0.444 e.